The van der Waals surface area contributed by atoms with Crippen molar-refractivity contribution in [2.75, 3.05) is 0 Å². The molecule has 0 amide bonds. The van der Waals surface area contributed by atoms with Gasteiger partial charge in [0, 0.05) is 16.3 Å². The molecule has 0 fully saturated rings. The van der Waals surface area contributed by atoms with Crippen molar-refractivity contribution in [3.63, 3.8) is 0 Å². The molecule has 0 atom stereocenters. The van der Waals surface area contributed by atoms with Gasteiger partial charge in [-0.15, -0.1) is 0 Å². The average Bonchev–Trinajstić information content (AvgIpc) is 3.45. The van der Waals surface area contributed by atoms with Crippen molar-refractivity contribution in [3.05, 3.63) is 152 Å². The minimum absolute atomic E-state index is 0.179. The Balaban J connectivity index is 1.34. The molecule has 2 aliphatic rings. The zero-order valence-electron chi connectivity index (χ0n) is 25.0. The number of benzene rings is 7. The molecule has 10 rings (SSSR count). The fourth-order valence-corrected chi connectivity index (χ4v) is 9.10. The quantitative estimate of drug-likeness (QED) is 0.183. The number of ether oxygens (including phenoxy) is 1. The maximum absolute atomic E-state index is 14.1. The summed E-state index contributed by atoms with van der Waals surface area (Å²) < 4.78 is 36.8. The van der Waals surface area contributed by atoms with Crippen molar-refractivity contribution in [3.8, 4) is 61.7 Å². The topological polar surface area (TPSA) is 48.3 Å². The van der Waals surface area contributed by atoms with Gasteiger partial charge < -0.3 is 9.30 Å². The van der Waals surface area contributed by atoms with Crippen molar-refractivity contribution in [1.29, 1.82) is 0 Å². The molecule has 4 nitrogen and oxygen atoms in total. The summed E-state index contributed by atoms with van der Waals surface area (Å²) in [5.41, 5.74) is 11.4. The average molecular weight is 624 g/mol. The van der Waals surface area contributed by atoms with Gasteiger partial charge in [-0.05, 0) is 81.4 Å². The highest BCUT2D eigenvalue weighted by atomic mass is 32.2. The Morgan fingerprint density at radius 1 is 0.426 bits per heavy atom. The summed E-state index contributed by atoms with van der Waals surface area (Å²) in [4.78, 5) is 0.365. The lowest BCUT2D eigenvalue weighted by molar-refractivity contribution is 0.443. The smallest absolute Gasteiger partial charge is 0.213 e. The minimum Gasteiger partial charge on any atom is -0.455 e. The number of nitrogens with zero attached hydrogens (tertiary/aromatic N) is 1. The second kappa shape index (κ2) is 9.55. The second-order valence-corrected chi connectivity index (χ2v) is 13.9. The van der Waals surface area contributed by atoms with Gasteiger partial charge in [-0.2, -0.15) is 0 Å². The monoisotopic (exact) mass is 623 g/mol. The molecule has 0 bridgehead atoms. The van der Waals surface area contributed by atoms with Gasteiger partial charge >= 0.3 is 0 Å². The zero-order valence-corrected chi connectivity index (χ0v) is 25.8. The van der Waals surface area contributed by atoms with Gasteiger partial charge in [0.05, 0.1) is 16.7 Å². The molecule has 1 aliphatic heterocycles. The van der Waals surface area contributed by atoms with Crippen LogP contribution < -0.4 is 4.74 Å². The van der Waals surface area contributed by atoms with Crippen LogP contribution in [0.25, 0.3) is 72.0 Å². The highest BCUT2D eigenvalue weighted by Crippen LogP contribution is 2.53. The first-order valence-electron chi connectivity index (χ1n) is 15.6. The van der Waals surface area contributed by atoms with E-state index in [-0.39, 0.29) is 9.79 Å². The molecular formula is C42H25NO3S. The van der Waals surface area contributed by atoms with Gasteiger partial charge in [0.2, 0.25) is 9.84 Å². The molecule has 0 radical (unpaired) electrons. The fraction of sp³-hybridized carbons (Fsp3) is 0. The number of aromatic nitrogens is 1. The van der Waals surface area contributed by atoms with Gasteiger partial charge in [0.15, 0.2) is 0 Å². The summed E-state index contributed by atoms with van der Waals surface area (Å²) in [6.45, 7) is 0. The van der Waals surface area contributed by atoms with E-state index in [0.717, 1.165) is 61.2 Å². The first kappa shape index (κ1) is 26.3. The molecule has 0 unspecified atom stereocenters. The third-order valence-electron chi connectivity index (χ3n) is 9.59. The van der Waals surface area contributed by atoms with Crippen LogP contribution in [0.4, 0.5) is 0 Å². The van der Waals surface area contributed by atoms with Gasteiger partial charge in [-0.1, -0.05) is 109 Å². The van der Waals surface area contributed by atoms with E-state index in [1.807, 2.05) is 24.3 Å². The third-order valence-corrected chi connectivity index (χ3v) is 11.4. The predicted octanol–water partition coefficient (Wildman–Crippen LogP) is 10.7. The van der Waals surface area contributed by atoms with Crippen LogP contribution in [0.15, 0.2) is 161 Å². The molecule has 0 saturated heterocycles. The lowest BCUT2D eigenvalue weighted by atomic mass is 9.80. The number of fused-ring (bicyclic) bond motifs is 13. The van der Waals surface area contributed by atoms with E-state index in [0.29, 0.717) is 11.5 Å². The van der Waals surface area contributed by atoms with Crippen LogP contribution in [-0.2, 0) is 9.84 Å². The van der Waals surface area contributed by atoms with E-state index in [9.17, 15) is 8.42 Å². The molecule has 1 aromatic heterocycles. The van der Waals surface area contributed by atoms with E-state index in [1.165, 1.54) is 10.8 Å². The Kier molecular flexibility index (Phi) is 5.35. The lowest BCUT2D eigenvalue weighted by Gasteiger charge is -2.28. The molecule has 0 N–H and O–H groups in total. The van der Waals surface area contributed by atoms with Crippen molar-refractivity contribution in [2.45, 2.75) is 9.79 Å². The predicted molar refractivity (Wildman–Crippen MR) is 188 cm³/mol. The Morgan fingerprint density at radius 2 is 0.957 bits per heavy atom. The van der Waals surface area contributed by atoms with E-state index in [1.54, 1.807) is 24.3 Å². The van der Waals surface area contributed by atoms with Crippen LogP contribution in [-0.4, -0.2) is 13.0 Å². The maximum atomic E-state index is 14.1. The molecule has 5 heteroatoms. The van der Waals surface area contributed by atoms with Gasteiger partial charge in [-0.3, -0.25) is 0 Å². The molecule has 7 aromatic carbocycles. The number of sulfone groups is 1. The Bertz CT molecular complexity index is 2690. The Morgan fingerprint density at radius 3 is 1.68 bits per heavy atom. The highest BCUT2D eigenvalue weighted by Gasteiger charge is 2.34. The summed E-state index contributed by atoms with van der Waals surface area (Å²) in [7, 11) is -3.82. The first-order valence-corrected chi connectivity index (χ1v) is 17.1. The zero-order chi connectivity index (χ0) is 31.3. The number of para-hydroxylation sites is 3. The Labute approximate surface area is 271 Å². The molecule has 0 spiro atoms. The SMILES string of the molecule is O=S1(=O)c2ccccc2Oc2cc3c(cc21)-c1ccccc1-c1c(cccc1-n1c2ccccc2c2ccccc21)-c1ccccc1-3. The summed E-state index contributed by atoms with van der Waals surface area (Å²) in [6.07, 6.45) is 0. The summed E-state index contributed by atoms with van der Waals surface area (Å²) in [5, 5.41) is 2.39. The minimum atomic E-state index is -3.82. The molecular weight excluding hydrogens is 599 g/mol. The van der Waals surface area contributed by atoms with Crippen LogP contribution in [0, 0.1) is 0 Å². The lowest BCUT2D eigenvalue weighted by Crippen LogP contribution is -2.12. The molecule has 1 aliphatic carbocycles. The summed E-state index contributed by atoms with van der Waals surface area (Å²) in [5.74, 6) is 0.690. The second-order valence-electron chi connectivity index (χ2n) is 12.1. The van der Waals surface area contributed by atoms with Crippen molar-refractivity contribution >= 4 is 31.6 Å². The third kappa shape index (κ3) is 3.60. The van der Waals surface area contributed by atoms with Crippen LogP contribution in [0.5, 0.6) is 11.5 Å². The molecule has 222 valence electrons. The van der Waals surface area contributed by atoms with Crippen molar-refractivity contribution in [2.24, 2.45) is 0 Å². The summed E-state index contributed by atoms with van der Waals surface area (Å²) >= 11 is 0. The van der Waals surface area contributed by atoms with Gasteiger partial charge in [0.1, 0.15) is 21.3 Å². The normalized spacial score (nSPS) is 13.6. The molecule has 47 heavy (non-hydrogen) atoms. The largest absolute Gasteiger partial charge is 0.455 e. The standard InChI is InChI=1S/C42H25NO3S/c44-47(45)40-23-10-9-22-38(40)46-39-24-33-27-13-2-1-12-26(27)32-18-11-21-37(42(32)31-17-4-3-14-28(31)34(33)25-41(39)47)43-35-19-7-5-15-29(35)30-16-6-8-20-36(30)43/h1-25H. The molecule has 2 heterocycles. The Hall–Kier alpha value is -5.91. The highest BCUT2D eigenvalue weighted by molar-refractivity contribution is 7.91. The maximum Gasteiger partial charge on any atom is 0.213 e. The van der Waals surface area contributed by atoms with E-state index < -0.39 is 9.84 Å². The van der Waals surface area contributed by atoms with Gasteiger partial charge in [0.25, 0.3) is 0 Å². The van der Waals surface area contributed by atoms with Crippen LogP contribution in [0.2, 0.25) is 0 Å². The first-order chi connectivity index (χ1) is 23.1. The van der Waals surface area contributed by atoms with Crippen LogP contribution in [0.1, 0.15) is 0 Å². The van der Waals surface area contributed by atoms with E-state index in [2.05, 4.69) is 108 Å². The van der Waals surface area contributed by atoms with Crippen LogP contribution >= 0.6 is 0 Å². The number of rotatable bonds is 1. The van der Waals surface area contributed by atoms with Crippen LogP contribution in [0.3, 0.4) is 0 Å². The van der Waals surface area contributed by atoms with Gasteiger partial charge in [-0.25, -0.2) is 8.42 Å². The molecule has 8 aromatic rings. The van der Waals surface area contributed by atoms with Crippen molar-refractivity contribution < 1.29 is 13.2 Å². The van der Waals surface area contributed by atoms with E-state index >= 15 is 0 Å². The fourth-order valence-electron chi connectivity index (χ4n) is 7.59. The summed E-state index contributed by atoms with van der Waals surface area (Å²) in [6, 6.07) is 51.0. The van der Waals surface area contributed by atoms with E-state index in [4.69, 9.17) is 4.74 Å². The molecule has 0 saturated carbocycles. The number of hydrogen-bond donors (Lipinski definition) is 0. The van der Waals surface area contributed by atoms with Crippen molar-refractivity contribution in [1.82, 2.24) is 4.57 Å². The number of hydrogen-bond acceptors (Lipinski definition) is 3.